The van der Waals surface area contributed by atoms with Crippen LogP contribution >= 0.6 is 11.3 Å². The van der Waals surface area contributed by atoms with Crippen LogP contribution in [0.5, 0.6) is 0 Å². The zero-order valence-electron chi connectivity index (χ0n) is 15.1. The number of hydrogen-bond donors (Lipinski definition) is 1. The quantitative estimate of drug-likeness (QED) is 0.867. The van der Waals surface area contributed by atoms with E-state index in [-0.39, 0.29) is 12.3 Å². The van der Waals surface area contributed by atoms with Crippen LogP contribution < -0.4 is 0 Å². The molecule has 1 amide bonds. The van der Waals surface area contributed by atoms with E-state index in [1.807, 2.05) is 5.38 Å². The SMILES string of the molecule is CC(C)c1ccc(-c2nc(CC(=O)N3CCCC(C(=O)O)C3)cs2)cc1. The van der Waals surface area contributed by atoms with Gasteiger partial charge in [-0.2, -0.15) is 0 Å². The number of amides is 1. The van der Waals surface area contributed by atoms with Crippen LogP contribution in [0.3, 0.4) is 0 Å². The third-order valence-corrected chi connectivity index (χ3v) is 5.77. The Labute approximate surface area is 157 Å². The number of thiazole rings is 1. The fourth-order valence-corrected chi connectivity index (χ4v) is 4.03. The van der Waals surface area contributed by atoms with Gasteiger partial charge in [0.15, 0.2) is 0 Å². The van der Waals surface area contributed by atoms with Crippen LogP contribution in [0.15, 0.2) is 29.6 Å². The summed E-state index contributed by atoms with van der Waals surface area (Å²) in [6, 6.07) is 8.38. The predicted octanol–water partition coefficient (Wildman–Crippen LogP) is 3.80. The normalized spacial score (nSPS) is 17.5. The van der Waals surface area contributed by atoms with E-state index >= 15 is 0 Å². The number of rotatable bonds is 5. The number of aromatic nitrogens is 1. The van der Waals surface area contributed by atoms with E-state index in [2.05, 4.69) is 43.1 Å². The highest BCUT2D eigenvalue weighted by atomic mass is 32.1. The van der Waals surface area contributed by atoms with Gasteiger partial charge in [-0.15, -0.1) is 11.3 Å². The van der Waals surface area contributed by atoms with Gasteiger partial charge in [0.25, 0.3) is 0 Å². The molecule has 2 heterocycles. The smallest absolute Gasteiger partial charge is 0.308 e. The van der Waals surface area contributed by atoms with Gasteiger partial charge in [-0.25, -0.2) is 4.98 Å². The summed E-state index contributed by atoms with van der Waals surface area (Å²) < 4.78 is 0. The largest absolute Gasteiger partial charge is 0.481 e. The maximum Gasteiger partial charge on any atom is 0.308 e. The zero-order valence-corrected chi connectivity index (χ0v) is 16.0. The minimum atomic E-state index is -0.816. The number of carbonyl (C=O) groups is 2. The number of aliphatic carboxylic acids is 1. The first-order chi connectivity index (χ1) is 12.4. The van der Waals surface area contributed by atoms with Gasteiger partial charge in [-0.05, 0) is 24.3 Å². The van der Waals surface area contributed by atoms with E-state index in [4.69, 9.17) is 5.11 Å². The Morgan fingerprint density at radius 2 is 2.04 bits per heavy atom. The van der Waals surface area contributed by atoms with E-state index in [1.165, 1.54) is 16.9 Å². The summed E-state index contributed by atoms with van der Waals surface area (Å²) in [4.78, 5) is 29.9. The second kappa shape index (κ2) is 7.99. The average molecular weight is 372 g/mol. The highest BCUT2D eigenvalue weighted by Gasteiger charge is 2.28. The van der Waals surface area contributed by atoms with Gasteiger partial charge in [0.05, 0.1) is 18.0 Å². The zero-order chi connectivity index (χ0) is 18.7. The van der Waals surface area contributed by atoms with Crippen molar-refractivity contribution in [1.29, 1.82) is 0 Å². The molecule has 1 aromatic heterocycles. The third kappa shape index (κ3) is 4.30. The molecule has 1 aliphatic heterocycles. The molecular weight excluding hydrogens is 348 g/mol. The van der Waals surface area contributed by atoms with Crippen molar-refractivity contribution in [3.8, 4) is 10.6 Å². The molecule has 0 bridgehead atoms. The fourth-order valence-electron chi connectivity index (χ4n) is 3.20. The summed E-state index contributed by atoms with van der Waals surface area (Å²) in [7, 11) is 0. The molecule has 5 nitrogen and oxygen atoms in total. The molecule has 1 aliphatic rings. The number of benzene rings is 1. The van der Waals surface area contributed by atoms with Gasteiger partial charge in [-0.1, -0.05) is 38.1 Å². The van der Waals surface area contributed by atoms with Crippen LogP contribution in [-0.4, -0.2) is 40.0 Å². The summed E-state index contributed by atoms with van der Waals surface area (Å²) in [5.74, 6) is -0.808. The number of nitrogens with zero attached hydrogens (tertiary/aromatic N) is 2. The lowest BCUT2D eigenvalue weighted by molar-refractivity contribution is -0.145. The van der Waals surface area contributed by atoms with Crippen LogP contribution in [0.25, 0.3) is 10.6 Å². The lowest BCUT2D eigenvalue weighted by atomic mass is 9.98. The number of carbonyl (C=O) groups excluding carboxylic acids is 1. The molecule has 1 fully saturated rings. The van der Waals surface area contributed by atoms with Gasteiger partial charge in [0, 0.05) is 24.0 Å². The van der Waals surface area contributed by atoms with Crippen molar-refractivity contribution in [3.63, 3.8) is 0 Å². The molecule has 1 aromatic carbocycles. The number of carboxylic acids is 1. The molecule has 3 rings (SSSR count). The van der Waals surface area contributed by atoms with E-state index < -0.39 is 11.9 Å². The van der Waals surface area contributed by atoms with Gasteiger partial charge in [0.1, 0.15) is 5.01 Å². The van der Waals surface area contributed by atoms with Crippen LogP contribution in [0, 0.1) is 5.92 Å². The molecule has 0 aliphatic carbocycles. The van der Waals surface area contributed by atoms with E-state index in [0.717, 1.165) is 22.7 Å². The molecule has 6 heteroatoms. The summed E-state index contributed by atoms with van der Waals surface area (Å²) in [6.07, 6.45) is 1.62. The van der Waals surface area contributed by atoms with Crippen molar-refractivity contribution in [3.05, 3.63) is 40.9 Å². The maximum absolute atomic E-state index is 12.5. The molecular formula is C20H24N2O3S. The highest BCUT2D eigenvalue weighted by Crippen LogP contribution is 2.26. The Bertz CT molecular complexity index is 783. The van der Waals surface area contributed by atoms with Crippen molar-refractivity contribution < 1.29 is 14.7 Å². The third-order valence-electron chi connectivity index (χ3n) is 4.83. The Morgan fingerprint density at radius 3 is 2.69 bits per heavy atom. The molecule has 138 valence electrons. The van der Waals surface area contributed by atoms with E-state index in [9.17, 15) is 9.59 Å². The summed E-state index contributed by atoms with van der Waals surface area (Å²) >= 11 is 1.54. The Hall–Kier alpha value is -2.21. The number of piperidine rings is 1. The molecule has 0 saturated carbocycles. The predicted molar refractivity (Wildman–Crippen MR) is 102 cm³/mol. The summed E-state index contributed by atoms with van der Waals surface area (Å²) in [5.41, 5.74) is 3.10. The van der Waals surface area contributed by atoms with Crippen molar-refractivity contribution in [2.75, 3.05) is 13.1 Å². The molecule has 1 N–H and O–H groups in total. The van der Waals surface area contributed by atoms with Gasteiger partial charge >= 0.3 is 5.97 Å². The number of carboxylic acid groups (broad SMARTS) is 1. The van der Waals surface area contributed by atoms with Crippen LogP contribution in [0.1, 0.15) is 43.9 Å². The first-order valence-electron chi connectivity index (χ1n) is 8.99. The molecule has 0 radical (unpaired) electrons. The average Bonchev–Trinajstić information content (AvgIpc) is 3.10. The second-order valence-corrected chi connectivity index (χ2v) is 7.97. The minimum Gasteiger partial charge on any atom is -0.481 e. The van der Waals surface area contributed by atoms with Gasteiger partial charge < -0.3 is 10.0 Å². The Morgan fingerprint density at radius 1 is 1.31 bits per heavy atom. The molecule has 0 spiro atoms. The Kier molecular flexibility index (Phi) is 5.71. The monoisotopic (exact) mass is 372 g/mol. The molecule has 1 unspecified atom stereocenters. The minimum absolute atomic E-state index is 0.0389. The van der Waals surface area contributed by atoms with Crippen molar-refractivity contribution in [2.45, 2.75) is 39.0 Å². The van der Waals surface area contributed by atoms with Crippen molar-refractivity contribution in [2.24, 2.45) is 5.92 Å². The topological polar surface area (TPSA) is 70.5 Å². The maximum atomic E-state index is 12.5. The first-order valence-corrected chi connectivity index (χ1v) is 9.87. The van der Waals surface area contributed by atoms with E-state index in [1.54, 1.807) is 4.90 Å². The number of hydrogen-bond acceptors (Lipinski definition) is 4. The van der Waals surface area contributed by atoms with E-state index in [0.29, 0.717) is 25.4 Å². The Balaban J connectivity index is 1.64. The first kappa shape index (κ1) is 18.6. The highest BCUT2D eigenvalue weighted by molar-refractivity contribution is 7.13. The standard InChI is InChI=1S/C20H24N2O3S/c1-13(2)14-5-7-15(8-6-14)19-21-17(12-26-19)10-18(23)22-9-3-4-16(11-22)20(24)25/h5-8,12-13,16H,3-4,9-11H2,1-2H3,(H,24,25). The second-order valence-electron chi connectivity index (χ2n) is 7.11. The lowest BCUT2D eigenvalue weighted by Gasteiger charge is -2.30. The van der Waals surface area contributed by atoms with Crippen LogP contribution in [-0.2, 0) is 16.0 Å². The molecule has 26 heavy (non-hydrogen) atoms. The van der Waals surface area contributed by atoms with Crippen molar-refractivity contribution >= 4 is 23.2 Å². The summed E-state index contributed by atoms with van der Waals surface area (Å²) in [6.45, 7) is 5.27. The molecule has 1 atom stereocenters. The van der Waals surface area contributed by atoms with Gasteiger partial charge in [-0.3, -0.25) is 9.59 Å². The van der Waals surface area contributed by atoms with Crippen LogP contribution in [0.4, 0.5) is 0 Å². The van der Waals surface area contributed by atoms with Crippen LogP contribution in [0.2, 0.25) is 0 Å². The van der Waals surface area contributed by atoms with Crippen molar-refractivity contribution in [1.82, 2.24) is 9.88 Å². The molecule has 2 aromatic rings. The molecule has 1 saturated heterocycles. The number of likely N-dealkylation sites (tertiary alicyclic amines) is 1. The fraction of sp³-hybridized carbons (Fsp3) is 0.450. The lowest BCUT2D eigenvalue weighted by Crippen LogP contribution is -2.43. The summed E-state index contributed by atoms with van der Waals surface area (Å²) in [5, 5.41) is 12.0. The van der Waals surface area contributed by atoms with Gasteiger partial charge in [0.2, 0.25) is 5.91 Å².